The van der Waals surface area contributed by atoms with E-state index in [0.29, 0.717) is 0 Å². The molecule has 0 saturated heterocycles. The van der Waals surface area contributed by atoms with Crippen LogP contribution < -0.4 is 10.5 Å². The molecule has 0 radical (unpaired) electrons. The topological polar surface area (TPSA) is 61.3 Å². The van der Waals surface area contributed by atoms with Crippen molar-refractivity contribution in [3.8, 4) is 16.9 Å². The highest BCUT2D eigenvalue weighted by atomic mass is 79.9. The van der Waals surface area contributed by atoms with E-state index in [2.05, 4.69) is 25.6 Å². The standard InChI is InChI=1S/C10H7BrF2N2O2/c1-16-9-6(11)2-4(7(12)8(9)13)5-3-15-17-10(5)14/h2-3H,14H2,1H3. The number of nitrogens with zero attached hydrogens (tertiary/aromatic N) is 1. The lowest BCUT2D eigenvalue weighted by atomic mass is 10.1. The summed E-state index contributed by atoms with van der Waals surface area (Å²) in [6.07, 6.45) is 1.21. The molecule has 0 unspecified atom stereocenters. The van der Waals surface area contributed by atoms with Crippen molar-refractivity contribution in [1.29, 1.82) is 0 Å². The Labute approximate surface area is 103 Å². The Hall–Kier alpha value is -1.63. The van der Waals surface area contributed by atoms with Gasteiger partial charge in [-0.3, -0.25) is 0 Å². The second-order valence-electron chi connectivity index (χ2n) is 3.17. The summed E-state index contributed by atoms with van der Waals surface area (Å²) in [6.45, 7) is 0. The predicted octanol–water partition coefficient (Wildman–Crippen LogP) is 2.97. The van der Waals surface area contributed by atoms with E-state index in [4.69, 9.17) is 10.5 Å². The van der Waals surface area contributed by atoms with Crippen LogP contribution in [0.2, 0.25) is 0 Å². The normalized spacial score (nSPS) is 10.6. The summed E-state index contributed by atoms with van der Waals surface area (Å²) >= 11 is 3.08. The van der Waals surface area contributed by atoms with Crippen LogP contribution in [0.15, 0.2) is 21.3 Å². The lowest BCUT2D eigenvalue weighted by Crippen LogP contribution is -1.97. The van der Waals surface area contributed by atoms with Gasteiger partial charge in [0.05, 0.1) is 23.3 Å². The van der Waals surface area contributed by atoms with E-state index in [1.54, 1.807) is 0 Å². The molecule has 0 aliphatic rings. The van der Waals surface area contributed by atoms with Crippen LogP contribution in [0, 0.1) is 11.6 Å². The highest BCUT2D eigenvalue weighted by molar-refractivity contribution is 9.10. The second-order valence-corrected chi connectivity index (χ2v) is 4.03. The predicted molar refractivity (Wildman–Crippen MR) is 60.5 cm³/mol. The molecular weight excluding hydrogens is 298 g/mol. The number of rotatable bonds is 2. The van der Waals surface area contributed by atoms with Gasteiger partial charge in [0.25, 0.3) is 0 Å². The molecule has 1 aromatic heterocycles. The largest absolute Gasteiger partial charge is 0.492 e. The van der Waals surface area contributed by atoms with Crippen molar-refractivity contribution in [3.63, 3.8) is 0 Å². The van der Waals surface area contributed by atoms with Gasteiger partial charge in [-0.2, -0.15) is 4.39 Å². The minimum atomic E-state index is -1.10. The van der Waals surface area contributed by atoms with E-state index in [1.807, 2.05) is 0 Å². The Kier molecular flexibility index (Phi) is 3.01. The molecule has 0 bridgehead atoms. The maximum atomic E-state index is 13.8. The molecule has 0 saturated carbocycles. The maximum absolute atomic E-state index is 13.8. The summed E-state index contributed by atoms with van der Waals surface area (Å²) in [7, 11) is 1.25. The van der Waals surface area contributed by atoms with Gasteiger partial charge in [0, 0.05) is 5.56 Å². The minimum absolute atomic E-state index is 0.0473. The van der Waals surface area contributed by atoms with Crippen LogP contribution in [0.25, 0.3) is 11.1 Å². The Morgan fingerprint density at radius 3 is 2.59 bits per heavy atom. The molecule has 0 aliphatic heterocycles. The summed E-state index contributed by atoms with van der Waals surface area (Å²) < 4.78 is 37.0. The van der Waals surface area contributed by atoms with Crippen LogP contribution in [0.4, 0.5) is 14.7 Å². The van der Waals surface area contributed by atoms with Crippen molar-refractivity contribution in [2.45, 2.75) is 0 Å². The molecule has 0 spiro atoms. The Morgan fingerprint density at radius 1 is 1.35 bits per heavy atom. The number of nitrogens with two attached hydrogens (primary N) is 1. The van der Waals surface area contributed by atoms with E-state index in [1.165, 1.54) is 19.4 Å². The molecule has 0 amide bonds. The van der Waals surface area contributed by atoms with Crippen molar-refractivity contribution in [2.75, 3.05) is 12.8 Å². The molecule has 2 aromatic rings. The van der Waals surface area contributed by atoms with Gasteiger partial charge in [0.1, 0.15) is 0 Å². The van der Waals surface area contributed by atoms with Crippen molar-refractivity contribution >= 4 is 21.8 Å². The Morgan fingerprint density at radius 2 is 2.06 bits per heavy atom. The lowest BCUT2D eigenvalue weighted by molar-refractivity contribution is 0.370. The number of hydrogen-bond acceptors (Lipinski definition) is 4. The molecule has 90 valence electrons. The van der Waals surface area contributed by atoms with Crippen LogP contribution >= 0.6 is 15.9 Å². The zero-order valence-corrected chi connectivity index (χ0v) is 10.2. The molecule has 0 aliphatic carbocycles. The van der Waals surface area contributed by atoms with E-state index in [-0.39, 0.29) is 27.2 Å². The lowest BCUT2D eigenvalue weighted by Gasteiger charge is -2.08. The number of halogens is 3. The number of anilines is 1. The number of nitrogen functional groups attached to an aromatic ring is 1. The second kappa shape index (κ2) is 4.33. The van der Waals surface area contributed by atoms with Crippen LogP contribution in [0.3, 0.4) is 0 Å². The first-order valence-corrected chi connectivity index (χ1v) is 5.27. The van der Waals surface area contributed by atoms with Gasteiger partial charge in [-0.1, -0.05) is 5.16 Å². The maximum Gasteiger partial charge on any atom is 0.230 e. The number of methoxy groups -OCH3 is 1. The quantitative estimate of drug-likeness (QED) is 0.867. The summed E-state index contributed by atoms with van der Waals surface area (Å²) in [5.74, 6) is -2.46. The molecule has 2 N–H and O–H groups in total. The summed E-state index contributed by atoms with van der Waals surface area (Å²) in [4.78, 5) is 0. The van der Waals surface area contributed by atoms with Crippen molar-refractivity contribution in [2.24, 2.45) is 0 Å². The molecule has 7 heteroatoms. The molecular formula is C10H7BrF2N2O2. The minimum Gasteiger partial charge on any atom is -0.492 e. The average molecular weight is 305 g/mol. The third-order valence-corrected chi connectivity index (χ3v) is 2.80. The summed E-state index contributed by atoms with van der Waals surface area (Å²) in [5, 5.41) is 3.41. The van der Waals surface area contributed by atoms with Gasteiger partial charge >= 0.3 is 0 Å². The van der Waals surface area contributed by atoms with E-state index in [0.717, 1.165) is 0 Å². The van der Waals surface area contributed by atoms with Crippen molar-refractivity contribution in [1.82, 2.24) is 5.16 Å². The van der Waals surface area contributed by atoms with Gasteiger partial charge in [-0.25, -0.2) is 4.39 Å². The number of ether oxygens (including phenoxy) is 1. The first-order chi connectivity index (χ1) is 8.06. The van der Waals surface area contributed by atoms with Gasteiger partial charge < -0.3 is 15.0 Å². The van der Waals surface area contributed by atoms with E-state index >= 15 is 0 Å². The van der Waals surface area contributed by atoms with Crippen LogP contribution in [0.5, 0.6) is 5.75 Å². The third kappa shape index (κ3) is 1.86. The SMILES string of the molecule is COc1c(Br)cc(-c2cnoc2N)c(F)c1F. The monoisotopic (exact) mass is 304 g/mol. The molecule has 4 nitrogen and oxygen atoms in total. The Balaban J connectivity index is 2.69. The molecule has 0 atom stereocenters. The first kappa shape index (κ1) is 11.8. The fourth-order valence-corrected chi connectivity index (χ4v) is 1.98. The molecule has 2 rings (SSSR count). The zero-order chi connectivity index (χ0) is 12.6. The zero-order valence-electron chi connectivity index (χ0n) is 8.63. The molecule has 1 heterocycles. The van der Waals surface area contributed by atoms with Crippen LogP contribution in [-0.2, 0) is 0 Å². The molecule has 17 heavy (non-hydrogen) atoms. The molecule has 1 aromatic carbocycles. The summed E-state index contributed by atoms with van der Waals surface area (Å²) in [6, 6.07) is 1.35. The van der Waals surface area contributed by atoms with E-state index < -0.39 is 11.6 Å². The first-order valence-electron chi connectivity index (χ1n) is 4.48. The van der Waals surface area contributed by atoms with Gasteiger partial charge in [0.2, 0.25) is 11.7 Å². The van der Waals surface area contributed by atoms with Crippen molar-refractivity contribution in [3.05, 3.63) is 28.4 Å². The highest BCUT2D eigenvalue weighted by Gasteiger charge is 2.21. The van der Waals surface area contributed by atoms with Crippen LogP contribution in [0.1, 0.15) is 0 Å². The van der Waals surface area contributed by atoms with Crippen molar-refractivity contribution < 1.29 is 18.0 Å². The summed E-state index contributed by atoms with van der Waals surface area (Å²) in [5.41, 5.74) is 5.58. The molecule has 0 fully saturated rings. The fraction of sp³-hybridized carbons (Fsp3) is 0.100. The third-order valence-electron chi connectivity index (χ3n) is 2.21. The smallest absolute Gasteiger partial charge is 0.230 e. The Bertz CT molecular complexity index is 572. The van der Waals surface area contributed by atoms with Crippen LogP contribution in [-0.4, -0.2) is 12.3 Å². The fourth-order valence-electron chi connectivity index (χ4n) is 1.41. The number of hydrogen-bond donors (Lipinski definition) is 1. The average Bonchev–Trinajstić information content (AvgIpc) is 2.71. The number of aromatic nitrogens is 1. The van der Waals surface area contributed by atoms with Gasteiger partial charge in [-0.15, -0.1) is 0 Å². The number of benzene rings is 1. The van der Waals surface area contributed by atoms with Gasteiger partial charge in [-0.05, 0) is 22.0 Å². The van der Waals surface area contributed by atoms with E-state index in [9.17, 15) is 8.78 Å². The highest BCUT2D eigenvalue weighted by Crippen LogP contribution is 2.37. The van der Waals surface area contributed by atoms with Gasteiger partial charge in [0.15, 0.2) is 11.6 Å².